The van der Waals surface area contributed by atoms with Crippen molar-refractivity contribution in [3.05, 3.63) is 75.7 Å². The van der Waals surface area contributed by atoms with Crippen molar-refractivity contribution < 1.29 is 52.7 Å². The number of hydrogen-bond donors (Lipinski definition) is 3. The molecule has 67 heavy (non-hydrogen) atoms. The van der Waals surface area contributed by atoms with Crippen molar-refractivity contribution in [2.45, 2.75) is 126 Å². The molecule has 2 aliphatic heterocycles. The number of Topliss-reactive ketones (excluding diaryl/α,β-unsaturated/α-hetero) is 1. The topological polar surface area (TPSA) is 196 Å². The molecule has 15 nitrogen and oxygen atoms in total. The van der Waals surface area contributed by atoms with Gasteiger partial charge in [0, 0.05) is 74.0 Å². The molecular formula is C52H67N3O12. The number of nitrogens with one attached hydrogen (secondary N) is 1. The third-order valence-electron chi connectivity index (χ3n) is 13.8. The van der Waals surface area contributed by atoms with E-state index in [-0.39, 0.29) is 79.3 Å². The fourth-order valence-electron chi connectivity index (χ4n) is 9.47. The summed E-state index contributed by atoms with van der Waals surface area (Å²) < 4.78 is 36.9. The minimum Gasteiger partial charge on any atom is -0.505 e. The van der Waals surface area contributed by atoms with Crippen molar-refractivity contribution in [2.75, 3.05) is 25.6 Å². The lowest BCUT2D eigenvalue weighted by Crippen LogP contribution is -2.43. The standard InChI is InChI=1S/C52H67N3O12/c1-25(2)55(26(3)4)21-23-63-35-18-19-36-38(24-35)66-49-42(53-36)39-40-45(58)33(11)48-41(39)50(60)52(13,67-48)64-22-20-37(62-14)32(10)47(65-34(12)56)31(9)29(7)30(8)44(57)27(5)16-15-17-28(6)51(61)54-43(49)46(40)59/h15-20,22,24-27,29-32,37,44,47,57,59H,21,23H2,1-14H3,(H,54,61)/b16-15+,22-20+,28-17-/t27-,29+,30-,31+,32+,37-,44-,47-,52-/m0/s1. The number of aromatic hydroxyl groups is 1. The number of ether oxygens (including phenoxy) is 5. The van der Waals surface area contributed by atoms with E-state index in [0.29, 0.717) is 36.5 Å². The second-order valence-electron chi connectivity index (χ2n) is 19.0. The van der Waals surface area contributed by atoms with Crippen LogP contribution in [-0.2, 0) is 23.8 Å². The van der Waals surface area contributed by atoms with E-state index >= 15 is 0 Å². The molecule has 0 fully saturated rings. The van der Waals surface area contributed by atoms with Gasteiger partial charge in [0.25, 0.3) is 11.7 Å². The first-order chi connectivity index (χ1) is 31.5. The minimum atomic E-state index is -2.01. The third kappa shape index (κ3) is 9.95. The molecule has 4 bridgehead atoms. The number of ketones is 1. The lowest BCUT2D eigenvalue weighted by Gasteiger charge is -2.39. The van der Waals surface area contributed by atoms with E-state index in [2.05, 4.69) is 37.9 Å². The van der Waals surface area contributed by atoms with Crippen molar-refractivity contribution in [3.63, 3.8) is 0 Å². The summed E-state index contributed by atoms with van der Waals surface area (Å²) >= 11 is 0. The van der Waals surface area contributed by atoms with Gasteiger partial charge >= 0.3 is 11.8 Å². The van der Waals surface area contributed by atoms with Crippen molar-refractivity contribution in [1.82, 2.24) is 9.88 Å². The Balaban J connectivity index is 1.55. The first-order valence-corrected chi connectivity index (χ1v) is 23.1. The molecule has 0 radical (unpaired) electrons. The van der Waals surface area contributed by atoms with Crippen LogP contribution in [0, 0.1) is 36.5 Å². The Kier molecular flexibility index (Phi) is 15.3. The number of fused-ring (bicyclic) bond motifs is 2. The number of hydrogen-bond acceptors (Lipinski definition) is 14. The lowest BCUT2D eigenvalue weighted by molar-refractivity contribution is -0.157. The molecule has 0 unspecified atom stereocenters. The number of methoxy groups -OCH3 is 1. The van der Waals surface area contributed by atoms with Gasteiger partial charge in [-0.3, -0.25) is 24.1 Å². The quantitative estimate of drug-likeness (QED) is 0.0656. The monoisotopic (exact) mass is 925 g/mol. The molecule has 362 valence electrons. The van der Waals surface area contributed by atoms with Gasteiger partial charge in [0.15, 0.2) is 22.3 Å². The van der Waals surface area contributed by atoms with Gasteiger partial charge in [-0.2, -0.15) is 0 Å². The number of allylic oxidation sites excluding steroid dienone is 2. The number of anilines is 1. The Bertz CT molecular complexity index is 2690. The first kappa shape index (κ1) is 50.6. The van der Waals surface area contributed by atoms with Crippen molar-refractivity contribution in [3.8, 4) is 17.2 Å². The van der Waals surface area contributed by atoms with E-state index in [1.54, 1.807) is 49.4 Å². The van der Waals surface area contributed by atoms with Gasteiger partial charge in [-0.05, 0) is 77.5 Å². The summed E-state index contributed by atoms with van der Waals surface area (Å²) in [4.78, 5) is 63.0. The minimum absolute atomic E-state index is 0.0000745. The van der Waals surface area contributed by atoms with E-state index in [0.717, 1.165) is 0 Å². The van der Waals surface area contributed by atoms with Crippen LogP contribution < -0.4 is 20.2 Å². The number of benzene rings is 3. The molecule has 0 saturated carbocycles. The van der Waals surface area contributed by atoms with Gasteiger partial charge < -0.3 is 43.6 Å². The fraction of sp³-hybridized carbons (Fsp3) is 0.519. The van der Waals surface area contributed by atoms with Gasteiger partial charge in [0.05, 0.1) is 29.4 Å². The van der Waals surface area contributed by atoms with E-state index < -0.39 is 58.9 Å². The molecule has 0 aliphatic carbocycles. The Morgan fingerprint density at radius 1 is 0.970 bits per heavy atom. The number of aliphatic hydroxyl groups excluding tert-OH is 1. The highest BCUT2D eigenvalue weighted by Crippen LogP contribution is 2.48. The van der Waals surface area contributed by atoms with Crippen LogP contribution in [0.1, 0.15) is 99.0 Å². The van der Waals surface area contributed by atoms with Crippen LogP contribution in [-0.4, -0.2) is 94.2 Å². The Morgan fingerprint density at radius 2 is 1.66 bits per heavy atom. The van der Waals surface area contributed by atoms with Crippen LogP contribution in [0.25, 0.3) is 33.0 Å². The zero-order valence-electron chi connectivity index (χ0n) is 41.2. The molecule has 6 rings (SSSR count). The molecule has 3 N–H and O–H groups in total. The van der Waals surface area contributed by atoms with Gasteiger partial charge in [-0.15, -0.1) is 0 Å². The summed E-state index contributed by atoms with van der Waals surface area (Å²) in [7, 11) is 1.51. The van der Waals surface area contributed by atoms with E-state index in [1.807, 2.05) is 34.6 Å². The molecule has 2 aliphatic rings. The van der Waals surface area contributed by atoms with Crippen molar-refractivity contribution in [2.24, 2.45) is 29.6 Å². The highest BCUT2D eigenvalue weighted by atomic mass is 16.7. The van der Waals surface area contributed by atoms with Crippen LogP contribution in [0.15, 0.2) is 63.6 Å². The van der Waals surface area contributed by atoms with E-state index in [4.69, 9.17) is 33.1 Å². The predicted molar refractivity (Wildman–Crippen MR) is 257 cm³/mol. The highest BCUT2D eigenvalue weighted by molar-refractivity contribution is 6.26. The molecule has 3 heterocycles. The molecule has 9 atom stereocenters. The largest absolute Gasteiger partial charge is 0.505 e. The smallest absolute Gasteiger partial charge is 0.312 e. The molecular weight excluding hydrogens is 859 g/mol. The summed E-state index contributed by atoms with van der Waals surface area (Å²) in [5.41, 5.74) is -0.288. The van der Waals surface area contributed by atoms with Crippen molar-refractivity contribution >= 4 is 56.3 Å². The number of esters is 1. The van der Waals surface area contributed by atoms with Crippen LogP contribution in [0.3, 0.4) is 0 Å². The van der Waals surface area contributed by atoms with Gasteiger partial charge in [0.1, 0.15) is 40.9 Å². The fourth-order valence-corrected chi connectivity index (χ4v) is 9.47. The number of phenolic OH excluding ortho intramolecular Hbond substituents is 1. The normalized spacial score (nSPS) is 28.2. The van der Waals surface area contributed by atoms with Crippen molar-refractivity contribution in [1.29, 1.82) is 0 Å². The Hall–Kier alpha value is -5.77. The van der Waals surface area contributed by atoms with Crippen LogP contribution in [0.5, 0.6) is 17.2 Å². The Labute approximate surface area is 392 Å². The number of aliphatic hydroxyl groups is 1. The zero-order chi connectivity index (χ0) is 49.4. The summed E-state index contributed by atoms with van der Waals surface area (Å²) in [6.45, 7) is 25.1. The Morgan fingerprint density at radius 3 is 2.30 bits per heavy atom. The number of carbonyl (C=O) groups is 3. The first-order valence-electron chi connectivity index (χ1n) is 23.1. The number of amides is 1. The SMILES string of the molecule is CO[C@H]1/C=C/O[C@@]2(C)Oc3c(C)c(=O)c4c(O)c(c5oc6cc(OCCN(C(C)C)C(C)C)ccc6nc5c4c3C2=O)NC(=O)/C(C)=C\C=C\[C@H](C)[C@H](O)[C@@H](C)[C@@H](C)[C@@H](C)[C@H](OC(C)=O)[C@@H]1C. The molecule has 3 aromatic carbocycles. The number of aromatic nitrogens is 1. The van der Waals surface area contributed by atoms with Gasteiger partial charge in [-0.25, -0.2) is 4.98 Å². The third-order valence-corrected chi connectivity index (χ3v) is 13.8. The lowest BCUT2D eigenvalue weighted by atomic mass is 9.73. The molecule has 0 saturated heterocycles. The number of carbonyl (C=O) groups excluding carboxylic acids is 3. The van der Waals surface area contributed by atoms with Gasteiger partial charge in [-0.1, -0.05) is 52.8 Å². The number of nitrogens with zero attached hydrogens (tertiary/aromatic N) is 2. The van der Waals surface area contributed by atoms with Crippen LogP contribution >= 0.6 is 0 Å². The number of phenols is 1. The summed E-state index contributed by atoms with van der Waals surface area (Å²) in [5, 5.41) is 26.2. The number of rotatable bonds is 8. The second kappa shape index (κ2) is 20.2. The molecule has 0 spiro atoms. The maximum absolute atomic E-state index is 14.8. The summed E-state index contributed by atoms with van der Waals surface area (Å²) in [6.07, 6.45) is 5.77. The molecule has 15 heteroatoms. The highest BCUT2D eigenvalue weighted by Gasteiger charge is 2.49. The van der Waals surface area contributed by atoms with Crippen LogP contribution in [0.4, 0.5) is 5.69 Å². The van der Waals surface area contributed by atoms with E-state index in [9.17, 15) is 29.4 Å². The van der Waals surface area contributed by atoms with E-state index in [1.165, 1.54) is 34.1 Å². The molecule has 4 aromatic rings. The zero-order valence-corrected chi connectivity index (χ0v) is 41.2. The maximum atomic E-state index is 14.8. The average molecular weight is 926 g/mol. The predicted octanol–water partition coefficient (Wildman–Crippen LogP) is 8.77. The summed E-state index contributed by atoms with van der Waals surface area (Å²) in [5.74, 6) is -5.45. The summed E-state index contributed by atoms with van der Waals surface area (Å²) in [6, 6.07) is 5.71. The second-order valence-corrected chi connectivity index (χ2v) is 19.0. The average Bonchev–Trinajstić information content (AvgIpc) is 3.54. The van der Waals surface area contributed by atoms with Crippen LogP contribution in [0.2, 0.25) is 0 Å². The molecule has 1 amide bonds. The maximum Gasteiger partial charge on any atom is 0.312 e. The van der Waals surface area contributed by atoms with Gasteiger partial charge in [0.2, 0.25) is 0 Å². The molecule has 1 aromatic heterocycles.